The molecule has 0 amide bonds. The molecule has 108 valence electrons. The van der Waals surface area contributed by atoms with Gasteiger partial charge in [-0.05, 0) is 49.5 Å². The monoisotopic (exact) mass is 323 g/mol. The van der Waals surface area contributed by atoms with Crippen molar-refractivity contribution in [3.63, 3.8) is 0 Å². The lowest BCUT2D eigenvalue weighted by atomic mass is 9.81. The Balaban J connectivity index is 0.00000180. The van der Waals surface area contributed by atoms with Crippen LogP contribution in [0.15, 0.2) is 18.2 Å². The van der Waals surface area contributed by atoms with Gasteiger partial charge in [-0.2, -0.15) is 0 Å². The summed E-state index contributed by atoms with van der Waals surface area (Å²) in [4.78, 5) is 0. The standard InChI is InChI=1S/C14H19Cl2NO.ClH/c1-18-9-12(10-4-6-17-7-5-10)11-2-3-13(15)14(16)8-11;/h2-3,8,10,12,17H,4-7,9H2,1H3;1H/t12-;/m1./s1. The quantitative estimate of drug-likeness (QED) is 0.898. The minimum Gasteiger partial charge on any atom is -0.384 e. The molecule has 1 aromatic rings. The topological polar surface area (TPSA) is 21.3 Å². The molecular formula is C14H20Cl3NO. The van der Waals surface area contributed by atoms with Crippen LogP contribution in [0.5, 0.6) is 0 Å². The number of nitrogens with one attached hydrogen (secondary N) is 1. The number of hydrogen-bond acceptors (Lipinski definition) is 2. The van der Waals surface area contributed by atoms with Crippen LogP contribution < -0.4 is 5.32 Å². The van der Waals surface area contributed by atoms with E-state index in [9.17, 15) is 0 Å². The maximum absolute atomic E-state index is 6.11. The zero-order valence-corrected chi connectivity index (χ0v) is 13.3. The molecule has 0 radical (unpaired) electrons. The Kier molecular flexibility index (Phi) is 7.48. The molecule has 0 aromatic heterocycles. The molecular weight excluding hydrogens is 305 g/mol. The summed E-state index contributed by atoms with van der Waals surface area (Å²) >= 11 is 12.1. The van der Waals surface area contributed by atoms with Crippen LogP contribution >= 0.6 is 35.6 Å². The van der Waals surface area contributed by atoms with Crippen LogP contribution in [0.2, 0.25) is 10.0 Å². The predicted molar refractivity (Wildman–Crippen MR) is 83.9 cm³/mol. The van der Waals surface area contributed by atoms with Crippen molar-refractivity contribution in [2.45, 2.75) is 18.8 Å². The van der Waals surface area contributed by atoms with Crippen LogP contribution in [-0.4, -0.2) is 26.8 Å². The zero-order valence-electron chi connectivity index (χ0n) is 11.0. The van der Waals surface area contributed by atoms with Crippen molar-refractivity contribution in [2.75, 3.05) is 26.8 Å². The molecule has 2 nitrogen and oxygen atoms in total. The molecule has 1 aliphatic rings. The first kappa shape index (κ1) is 17.1. The van der Waals surface area contributed by atoms with Gasteiger partial charge >= 0.3 is 0 Å². The Hall–Kier alpha value is 0.01000. The van der Waals surface area contributed by atoms with Gasteiger partial charge in [0.2, 0.25) is 0 Å². The lowest BCUT2D eigenvalue weighted by Crippen LogP contribution is -2.32. The molecule has 5 heteroatoms. The smallest absolute Gasteiger partial charge is 0.0595 e. The summed E-state index contributed by atoms with van der Waals surface area (Å²) in [5.41, 5.74) is 1.23. The SMILES string of the molecule is COC[C@@H](c1ccc(Cl)c(Cl)c1)C1CCNCC1.Cl. The largest absolute Gasteiger partial charge is 0.384 e. The normalized spacial score (nSPS) is 17.8. The molecule has 1 N–H and O–H groups in total. The van der Waals surface area contributed by atoms with E-state index < -0.39 is 0 Å². The Morgan fingerprint density at radius 3 is 2.53 bits per heavy atom. The van der Waals surface area contributed by atoms with Crippen LogP contribution in [-0.2, 0) is 4.74 Å². The van der Waals surface area contributed by atoms with Gasteiger partial charge in [0, 0.05) is 13.0 Å². The van der Waals surface area contributed by atoms with E-state index in [0.717, 1.165) is 19.7 Å². The summed E-state index contributed by atoms with van der Waals surface area (Å²) in [6, 6.07) is 5.93. The molecule has 1 atom stereocenters. The van der Waals surface area contributed by atoms with Crippen LogP contribution in [0.4, 0.5) is 0 Å². The third-order valence-corrected chi connectivity index (χ3v) is 4.41. The third kappa shape index (κ3) is 4.51. The van der Waals surface area contributed by atoms with Gasteiger partial charge in [-0.15, -0.1) is 12.4 Å². The first-order valence-electron chi connectivity index (χ1n) is 6.37. The number of halogens is 3. The minimum atomic E-state index is 0. The lowest BCUT2D eigenvalue weighted by Gasteiger charge is -2.30. The van der Waals surface area contributed by atoms with E-state index in [1.54, 1.807) is 7.11 Å². The molecule has 1 heterocycles. The second-order valence-corrected chi connectivity index (χ2v) is 5.64. The molecule has 0 saturated carbocycles. The number of hydrogen-bond donors (Lipinski definition) is 1. The highest BCUT2D eigenvalue weighted by molar-refractivity contribution is 6.42. The van der Waals surface area contributed by atoms with E-state index in [1.165, 1.54) is 18.4 Å². The highest BCUT2D eigenvalue weighted by atomic mass is 35.5. The van der Waals surface area contributed by atoms with E-state index >= 15 is 0 Å². The highest BCUT2D eigenvalue weighted by Gasteiger charge is 2.25. The Bertz CT molecular complexity index is 394. The van der Waals surface area contributed by atoms with Gasteiger partial charge in [0.05, 0.1) is 16.7 Å². The summed E-state index contributed by atoms with van der Waals surface area (Å²) < 4.78 is 5.39. The van der Waals surface area contributed by atoms with Gasteiger partial charge in [0.25, 0.3) is 0 Å². The fraction of sp³-hybridized carbons (Fsp3) is 0.571. The number of methoxy groups -OCH3 is 1. The molecule has 0 unspecified atom stereocenters. The summed E-state index contributed by atoms with van der Waals surface area (Å²) in [5.74, 6) is 1.07. The Morgan fingerprint density at radius 2 is 1.95 bits per heavy atom. The van der Waals surface area contributed by atoms with Crippen molar-refractivity contribution in [3.8, 4) is 0 Å². The van der Waals surface area contributed by atoms with Gasteiger partial charge in [-0.25, -0.2) is 0 Å². The van der Waals surface area contributed by atoms with Gasteiger partial charge in [0.1, 0.15) is 0 Å². The second kappa shape index (κ2) is 8.33. The van der Waals surface area contributed by atoms with E-state index in [4.69, 9.17) is 27.9 Å². The lowest BCUT2D eigenvalue weighted by molar-refractivity contribution is 0.144. The first-order chi connectivity index (χ1) is 8.72. The van der Waals surface area contributed by atoms with Crippen molar-refractivity contribution in [2.24, 2.45) is 5.92 Å². The molecule has 1 aliphatic heterocycles. The zero-order chi connectivity index (χ0) is 13.0. The molecule has 19 heavy (non-hydrogen) atoms. The van der Waals surface area contributed by atoms with E-state index in [-0.39, 0.29) is 12.4 Å². The molecule has 0 bridgehead atoms. The summed E-state index contributed by atoms with van der Waals surface area (Å²) in [5, 5.41) is 4.64. The van der Waals surface area contributed by atoms with Crippen LogP contribution in [0.25, 0.3) is 0 Å². The van der Waals surface area contributed by atoms with Crippen LogP contribution in [0, 0.1) is 5.92 Å². The molecule has 0 aliphatic carbocycles. The van der Waals surface area contributed by atoms with Crippen LogP contribution in [0.1, 0.15) is 24.3 Å². The van der Waals surface area contributed by atoms with Gasteiger partial charge in [-0.1, -0.05) is 29.3 Å². The fourth-order valence-corrected chi connectivity index (χ4v) is 2.98. The first-order valence-corrected chi connectivity index (χ1v) is 7.12. The van der Waals surface area contributed by atoms with E-state index in [1.807, 2.05) is 12.1 Å². The minimum absolute atomic E-state index is 0. The molecule has 2 rings (SSSR count). The Labute approximate surface area is 131 Å². The highest BCUT2D eigenvalue weighted by Crippen LogP contribution is 2.34. The maximum atomic E-state index is 6.11. The molecule has 1 aromatic carbocycles. The maximum Gasteiger partial charge on any atom is 0.0595 e. The van der Waals surface area contributed by atoms with Crippen LogP contribution in [0.3, 0.4) is 0 Å². The molecule has 1 saturated heterocycles. The average molecular weight is 325 g/mol. The number of rotatable bonds is 4. The fourth-order valence-electron chi connectivity index (χ4n) is 2.67. The summed E-state index contributed by atoms with van der Waals surface area (Å²) in [7, 11) is 1.76. The van der Waals surface area contributed by atoms with Gasteiger partial charge in [-0.3, -0.25) is 0 Å². The Morgan fingerprint density at radius 1 is 1.26 bits per heavy atom. The summed E-state index contributed by atoms with van der Waals surface area (Å²) in [6.45, 7) is 2.92. The molecule has 0 spiro atoms. The van der Waals surface area contributed by atoms with Crippen molar-refractivity contribution < 1.29 is 4.74 Å². The van der Waals surface area contributed by atoms with Gasteiger partial charge < -0.3 is 10.1 Å². The van der Waals surface area contributed by atoms with Crippen molar-refractivity contribution in [3.05, 3.63) is 33.8 Å². The predicted octanol–water partition coefficient (Wildman–Crippen LogP) is 4.14. The molecule has 1 fully saturated rings. The third-order valence-electron chi connectivity index (χ3n) is 3.67. The average Bonchev–Trinajstić information content (AvgIpc) is 2.40. The second-order valence-electron chi connectivity index (χ2n) is 4.82. The van der Waals surface area contributed by atoms with Crippen molar-refractivity contribution in [1.29, 1.82) is 0 Å². The van der Waals surface area contributed by atoms with Gasteiger partial charge in [0.15, 0.2) is 0 Å². The number of ether oxygens (including phenoxy) is 1. The number of benzene rings is 1. The summed E-state index contributed by atoms with van der Waals surface area (Å²) in [6.07, 6.45) is 2.38. The van der Waals surface area contributed by atoms with E-state index in [0.29, 0.717) is 21.9 Å². The van der Waals surface area contributed by atoms with E-state index in [2.05, 4.69) is 11.4 Å². The van der Waals surface area contributed by atoms with Crippen molar-refractivity contribution >= 4 is 35.6 Å². The number of piperidine rings is 1. The van der Waals surface area contributed by atoms with Crippen molar-refractivity contribution in [1.82, 2.24) is 5.32 Å².